The lowest BCUT2D eigenvalue weighted by molar-refractivity contribution is 0.0952. The first kappa shape index (κ1) is 16.3. The molecule has 0 fully saturated rings. The highest BCUT2D eigenvalue weighted by Gasteiger charge is 2.08. The Morgan fingerprint density at radius 3 is 2.24 bits per heavy atom. The molecule has 1 amide bonds. The number of ether oxygens (including phenoxy) is 1. The molecule has 0 saturated carbocycles. The highest BCUT2D eigenvalue weighted by atomic mass is 16.5. The average Bonchev–Trinajstić information content (AvgIpc) is 2.64. The fraction of sp³-hybridized carbons (Fsp3) is 0. The van der Waals surface area contributed by atoms with Crippen LogP contribution in [0.25, 0.3) is 0 Å². The quantitative estimate of drug-likeness (QED) is 0.549. The molecule has 3 rings (SSSR count). The van der Waals surface area contributed by atoms with E-state index >= 15 is 0 Å². The van der Waals surface area contributed by atoms with Crippen molar-refractivity contribution >= 4 is 12.1 Å². The maximum Gasteiger partial charge on any atom is 0.275 e. The molecule has 0 aliphatic carbocycles. The molecule has 124 valence electrons. The smallest absolute Gasteiger partial charge is 0.275 e. The third-order valence-corrected chi connectivity index (χ3v) is 3.39. The predicted octanol–water partition coefficient (Wildman–Crippen LogP) is 3.95. The largest absolute Gasteiger partial charge is 0.507 e. The van der Waals surface area contributed by atoms with Gasteiger partial charge in [0.15, 0.2) is 0 Å². The van der Waals surface area contributed by atoms with Crippen LogP contribution in [0.4, 0.5) is 0 Å². The number of hydrazone groups is 1. The van der Waals surface area contributed by atoms with Crippen LogP contribution in [0.15, 0.2) is 84.0 Å². The highest BCUT2D eigenvalue weighted by molar-refractivity contribution is 5.97. The maximum absolute atomic E-state index is 11.9. The van der Waals surface area contributed by atoms with Gasteiger partial charge in [0.1, 0.15) is 17.2 Å². The summed E-state index contributed by atoms with van der Waals surface area (Å²) < 4.78 is 5.71. The van der Waals surface area contributed by atoms with Crippen LogP contribution in [-0.2, 0) is 0 Å². The monoisotopic (exact) mass is 332 g/mol. The number of phenols is 1. The molecule has 0 spiro atoms. The number of amides is 1. The number of para-hydroxylation sites is 2. The first-order valence-electron chi connectivity index (χ1n) is 7.67. The van der Waals surface area contributed by atoms with Gasteiger partial charge in [0, 0.05) is 0 Å². The van der Waals surface area contributed by atoms with Crippen molar-refractivity contribution < 1.29 is 14.6 Å². The van der Waals surface area contributed by atoms with E-state index in [2.05, 4.69) is 10.5 Å². The Kier molecular flexibility index (Phi) is 5.07. The van der Waals surface area contributed by atoms with E-state index in [0.717, 1.165) is 11.3 Å². The number of carbonyl (C=O) groups excluding carboxylic acids is 1. The molecule has 25 heavy (non-hydrogen) atoms. The first-order chi connectivity index (χ1) is 12.2. The van der Waals surface area contributed by atoms with Gasteiger partial charge in [0.05, 0.1) is 11.8 Å². The van der Waals surface area contributed by atoms with Crippen molar-refractivity contribution in [3.63, 3.8) is 0 Å². The lowest BCUT2D eigenvalue weighted by atomic mass is 10.2. The van der Waals surface area contributed by atoms with Gasteiger partial charge in [0.25, 0.3) is 5.91 Å². The van der Waals surface area contributed by atoms with Gasteiger partial charge in [-0.2, -0.15) is 5.10 Å². The van der Waals surface area contributed by atoms with E-state index in [0.29, 0.717) is 5.75 Å². The van der Waals surface area contributed by atoms with Crippen LogP contribution in [0.2, 0.25) is 0 Å². The third kappa shape index (κ3) is 4.45. The molecule has 0 radical (unpaired) electrons. The molecule has 0 aliphatic rings. The topological polar surface area (TPSA) is 70.9 Å². The summed E-state index contributed by atoms with van der Waals surface area (Å²) in [6.07, 6.45) is 1.52. The Morgan fingerprint density at radius 1 is 0.880 bits per heavy atom. The van der Waals surface area contributed by atoms with Crippen LogP contribution in [-0.4, -0.2) is 17.2 Å². The van der Waals surface area contributed by atoms with Crippen molar-refractivity contribution in [3.8, 4) is 17.2 Å². The van der Waals surface area contributed by atoms with Crippen LogP contribution < -0.4 is 10.2 Å². The number of phenolic OH excluding ortho intramolecular Hbond substituents is 1. The zero-order valence-electron chi connectivity index (χ0n) is 13.3. The Bertz CT molecular complexity index is 875. The van der Waals surface area contributed by atoms with E-state index in [9.17, 15) is 9.90 Å². The number of carbonyl (C=O) groups is 1. The van der Waals surface area contributed by atoms with Crippen molar-refractivity contribution in [2.75, 3.05) is 0 Å². The number of hydrogen-bond acceptors (Lipinski definition) is 4. The molecular formula is C20H16N2O3. The van der Waals surface area contributed by atoms with Crippen LogP contribution in [0.1, 0.15) is 15.9 Å². The maximum atomic E-state index is 11.9. The van der Waals surface area contributed by atoms with Crippen molar-refractivity contribution in [1.82, 2.24) is 5.43 Å². The van der Waals surface area contributed by atoms with Gasteiger partial charge in [-0.3, -0.25) is 4.79 Å². The van der Waals surface area contributed by atoms with Crippen molar-refractivity contribution in [2.24, 2.45) is 5.10 Å². The second-order valence-corrected chi connectivity index (χ2v) is 5.20. The van der Waals surface area contributed by atoms with Gasteiger partial charge in [0.2, 0.25) is 0 Å². The summed E-state index contributed by atoms with van der Waals surface area (Å²) in [6, 6.07) is 23.1. The predicted molar refractivity (Wildman–Crippen MR) is 96.1 cm³/mol. The number of hydrogen-bond donors (Lipinski definition) is 2. The van der Waals surface area contributed by atoms with E-state index in [1.807, 2.05) is 54.6 Å². The Labute approximate surface area is 145 Å². The van der Waals surface area contributed by atoms with Crippen molar-refractivity contribution in [1.29, 1.82) is 0 Å². The molecule has 0 heterocycles. The second kappa shape index (κ2) is 7.79. The Balaban J connectivity index is 1.59. The minimum absolute atomic E-state index is 0.0855. The minimum Gasteiger partial charge on any atom is -0.507 e. The SMILES string of the molecule is O=C(NN=Cc1ccc(Oc2ccccc2)cc1)c1ccccc1O. The Hall–Kier alpha value is -3.60. The van der Waals surface area contributed by atoms with Gasteiger partial charge in [-0.05, 0) is 54.1 Å². The summed E-state index contributed by atoms with van der Waals surface area (Å²) in [5.41, 5.74) is 3.36. The van der Waals surface area contributed by atoms with Gasteiger partial charge in [-0.15, -0.1) is 0 Å². The first-order valence-corrected chi connectivity index (χ1v) is 7.67. The molecule has 0 aromatic heterocycles. The van der Waals surface area contributed by atoms with Gasteiger partial charge in [-0.25, -0.2) is 5.43 Å². The van der Waals surface area contributed by atoms with E-state index in [-0.39, 0.29) is 11.3 Å². The zero-order valence-corrected chi connectivity index (χ0v) is 13.3. The number of aromatic hydroxyl groups is 1. The van der Waals surface area contributed by atoms with Crippen LogP contribution in [0.5, 0.6) is 17.2 Å². The number of nitrogens with zero attached hydrogens (tertiary/aromatic N) is 1. The highest BCUT2D eigenvalue weighted by Crippen LogP contribution is 2.20. The van der Waals surface area contributed by atoms with Crippen LogP contribution >= 0.6 is 0 Å². The average molecular weight is 332 g/mol. The molecule has 0 aliphatic heterocycles. The summed E-state index contributed by atoms with van der Waals surface area (Å²) in [6.45, 7) is 0. The molecule has 5 heteroatoms. The fourth-order valence-electron chi connectivity index (χ4n) is 2.14. The van der Waals surface area contributed by atoms with E-state index < -0.39 is 5.91 Å². The molecule has 2 N–H and O–H groups in total. The number of benzene rings is 3. The molecule has 0 unspecified atom stereocenters. The van der Waals surface area contributed by atoms with Crippen LogP contribution in [0.3, 0.4) is 0 Å². The van der Waals surface area contributed by atoms with Gasteiger partial charge >= 0.3 is 0 Å². The van der Waals surface area contributed by atoms with Crippen molar-refractivity contribution in [2.45, 2.75) is 0 Å². The fourth-order valence-corrected chi connectivity index (χ4v) is 2.14. The van der Waals surface area contributed by atoms with Crippen molar-refractivity contribution in [3.05, 3.63) is 90.0 Å². The van der Waals surface area contributed by atoms with Crippen LogP contribution in [0, 0.1) is 0 Å². The molecule has 3 aromatic rings. The van der Waals surface area contributed by atoms with Gasteiger partial charge in [-0.1, -0.05) is 30.3 Å². The second-order valence-electron chi connectivity index (χ2n) is 5.20. The summed E-state index contributed by atoms with van der Waals surface area (Å²) in [7, 11) is 0. The number of nitrogens with one attached hydrogen (secondary N) is 1. The van der Waals surface area contributed by atoms with Gasteiger partial charge < -0.3 is 9.84 Å². The summed E-state index contributed by atoms with van der Waals surface area (Å²) >= 11 is 0. The third-order valence-electron chi connectivity index (χ3n) is 3.39. The lowest BCUT2D eigenvalue weighted by Crippen LogP contribution is -2.17. The summed E-state index contributed by atoms with van der Waals surface area (Å²) in [5.74, 6) is 0.913. The Morgan fingerprint density at radius 2 is 1.52 bits per heavy atom. The van der Waals surface area contributed by atoms with E-state index in [1.165, 1.54) is 18.3 Å². The zero-order chi connectivity index (χ0) is 17.5. The lowest BCUT2D eigenvalue weighted by Gasteiger charge is -2.05. The molecule has 0 atom stereocenters. The summed E-state index contributed by atoms with van der Waals surface area (Å²) in [4.78, 5) is 11.9. The number of rotatable bonds is 5. The molecule has 3 aromatic carbocycles. The molecule has 0 bridgehead atoms. The standard InChI is InChI=1S/C20H16N2O3/c23-19-9-5-4-8-18(19)20(24)22-21-14-15-10-12-17(13-11-15)25-16-6-2-1-3-7-16/h1-14,23H,(H,22,24). The van der Waals surface area contributed by atoms with E-state index in [1.54, 1.807) is 12.1 Å². The summed E-state index contributed by atoms with van der Waals surface area (Å²) in [5, 5.41) is 13.5. The molecular weight excluding hydrogens is 316 g/mol. The minimum atomic E-state index is -0.474. The normalized spacial score (nSPS) is 10.6. The molecule has 0 saturated heterocycles. The van der Waals surface area contributed by atoms with E-state index in [4.69, 9.17) is 4.74 Å². The molecule has 5 nitrogen and oxygen atoms in total.